The Labute approximate surface area is 210 Å². The topological polar surface area (TPSA) is 129 Å². The van der Waals surface area contributed by atoms with Gasteiger partial charge in [-0.3, -0.25) is 14.2 Å². The highest BCUT2D eigenvalue weighted by atomic mass is 32.2. The highest BCUT2D eigenvalue weighted by molar-refractivity contribution is 7.90. The van der Waals surface area contributed by atoms with E-state index in [9.17, 15) is 39.6 Å². The van der Waals surface area contributed by atoms with Gasteiger partial charge in [0, 0.05) is 24.6 Å². The Bertz CT molecular complexity index is 1630. The molecule has 2 aromatic carbocycles. The number of pyridine rings is 1. The number of amides is 1. The predicted octanol–water partition coefficient (Wildman–Crippen LogP) is 2.84. The fraction of sp³-hybridized carbons (Fsp3) is 0.217. The molecule has 14 heteroatoms. The number of carbonyl (C=O) groups excluding carboxylic acids is 1. The number of carbonyl (C=O) groups is 1. The van der Waals surface area contributed by atoms with Crippen LogP contribution in [0.15, 0.2) is 64.3 Å². The second-order valence-electron chi connectivity index (χ2n) is 8.08. The average Bonchev–Trinajstić information content (AvgIpc) is 2.78. The standard InChI is InChI=1S/C23H21F3N2O7S2/c1-14-20(35-37(3,33)34)12-19(21(29)27-13-15-7-9-18(10-8-15)36(2,31)32)22(30)28(14)17-6-4-5-16(11-17)23(24,25)26/h4-12H,13H2,1-3H3,(H,27,29). The predicted molar refractivity (Wildman–Crippen MR) is 128 cm³/mol. The lowest BCUT2D eigenvalue weighted by molar-refractivity contribution is -0.137. The number of hydrogen-bond donors (Lipinski definition) is 1. The minimum atomic E-state index is -4.72. The maximum atomic E-state index is 13.3. The first-order valence-electron chi connectivity index (χ1n) is 10.4. The first-order chi connectivity index (χ1) is 17.0. The third kappa shape index (κ3) is 6.77. The van der Waals surface area contributed by atoms with Crippen LogP contribution in [0.3, 0.4) is 0 Å². The smallest absolute Gasteiger partial charge is 0.381 e. The molecule has 1 aromatic heterocycles. The van der Waals surface area contributed by atoms with Crippen LogP contribution in [0.1, 0.15) is 27.2 Å². The van der Waals surface area contributed by atoms with Crippen molar-refractivity contribution < 1.29 is 39.0 Å². The van der Waals surface area contributed by atoms with Crippen LogP contribution >= 0.6 is 0 Å². The summed E-state index contributed by atoms with van der Waals surface area (Å²) in [7, 11) is -7.56. The van der Waals surface area contributed by atoms with Crippen molar-refractivity contribution >= 4 is 25.9 Å². The summed E-state index contributed by atoms with van der Waals surface area (Å²) in [6.45, 7) is 1.12. The quantitative estimate of drug-likeness (QED) is 0.442. The minimum absolute atomic E-state index is 0.0626. The van der Waals surface area contributed by atoms with Crippen molar-refractivity contribution in [3.63, 3.8) is 0 Å². The number of benzene rings is 2. The molecular weight excluding hydrogens is 537 g/mol. The van der Waals surface area contributed by atoms with Gasteiger partial charge in [-0.05, 0) is 42.8 Å². The van der Waals surface area contributed by atoms with Crippen molar-refractivity contribution in [2.45, 2.75) is 24.5 Å². The van der Waals surface area contributed by atoms with E-state index in [2.05, 4.69) is 5.32 Å². The number of alkyl halides is 3. The molecule has 0 saturated heterocycles. The maximum absolute atomic E-state index is 13.3. The number of nitrogens with one attached hydrogen (secondary N) is 1. The molecule has 3 rings (SSSR count). The van der Waals surface area contributed by atoms with Gasteiger partial charge in [0.15, 0.2) is 15.6 Å². The van der Waals surface area contributed by atoms with Crippen molar-refractivity contribution in [1.82, 2.24) is 9.88 Å². The van der Waals surface area contributed by atoms with Crippen LogP contribution in [-0.4, -0.2) is 39.8 Å². The van der Waals surface area contributed by atoms with Gasteiger partial charge in [0.1, 0.15) is 5.56 Å². The van der Waals surface area contributed by atoms with Gasteiger partial charge in [-0.1, -0.05) is 18.2 Å². The third-order valence-electron chi connectivity index (χ3n) is 5.12. The van der Waals surface area contributed by atoms with E-state index in [1.165, 1.54) is 37.3 Å². The van der Waals surface area contributed by atoms with Crippen molar-refractivity contribution in [2.75, 3.05) is 12.5 Å². The number of rotatable bonds is 7. The van der Waals surface area contributed by atoms with Crippen LogP contribution in [-0.2, 0) is 32.7 Å². The number of aromatic nitrogens is 1. The Morgan fingerprint density at radius 3 is 2.16 bits per heavy atom. The summed E-state index contributed by atoms with van der Waals surface area (Å²) in [6, 6.07) is 10.2. The second-order valence-corrected chi connectivity index (χ2v) is 11.7. The molecule has 0 spiro atoms. The molecule has 1 N–H and O–H groups in total. The molecule has 1 amide bonds. The molecule has 0 atom stereocenters. The van der Waals surface area contributed by atoms with Crippen LogP contribution in [0.2, 0.25) is 0 Å². The summed E-state index contributed by atoms with van der Waals surface area (Å²) in [5.74, 6) is -1.39. The molecule has 0 saturated carbocycles. The van der Waals surface area contributed by atoms with Gasteiger partial charge in [-0.15, -0.1) is 0 Å². The van der Waals surface area contributed by atoms with Crippen molar-refractivity contribution in [2.24, 2.45) is 0 Å². The number of hydrogen-bond acceptors (Lipinski definition) is 7. The summed E-state index contributed by atoms with van der Waals surface area (Å²) in [5.41, 5.74) is -2.59. The molecule has 0 radical (unpaired) electrons. The lowest BCUT2D eigenvalue weighted by Crippen LogP contribution is -2.33. The van der Waals surface area contributed by atoms with Crippen molar-refractivity contribution in [3.8, 4) is 11.4 Å². The normalized spacial score (nSPS) is 12.3. The molecule has 37 heavy (non-hydrogen) atoms. The third-order valence-corrected chi connectivity index (χ3v) is 6.73. The largest absolute Gasteiger partial charge is 0.416 e. The fourth-order valence-electron chi connectivity index (χ4n) is 3.35. The van der Waals surface area contributed by atoms with Gasteiger partial charge in [-0.2, -0.15) is 21.6 Å². The second kappa shape index (κ2) is 10.0. The van der Waals surface area contributed by atoms with Gasteiger partial charge in [0.25, 0.3) is 11.5 Å². The molecule has 0 aliphatic rings. The Morgan fingerprint density at radius 2 is 1.62 bits per heavy atom. The molecule has 0 bridgehead atoms. The first kappa shape index (κ1) is 27.9. The monoisotopic (exact) mass is 558 g/mol. The maximum Gasteiger partial charge on any atom is 0.416 e. The molecule has 0 aliphatic heterocycles. The van der Waals surface area contributed by atoms with E-state index >= 15 is 0 Å². The van der Waals surface area contributed by atoms with Crippen molar-refractivity contribution in [3.05, 3.63) is 87.3 Å². The molecular formula is C23H21F3N2O7S2. The number of halogens is 3. The Hall–Kier alpha value is -3.65. The Balaban J connectivity index is 2.06. The Kier molecular flexibility index (Phi) is 7.56. The molecule has 0 unspecified atom stereocenters. The number of sulfone groups is 1. The average molecular weight is 559 g/mol. The van der Waals surface area contributed by atoms with Crippen LogP contribution in [0.25, 0.3) is 5.69 Å². The Morgan fingerprint density at radius 1 is 1.00 bits per heavy atom. The van der Waals surface area contributed by atoms with E-state index in [1.54, 1.807) is 0 Å². The number of nitrogens with zero attached hydrogens (tertiary/aromatic N) is 1. The summed E-state index contributed by atoms with van der Waals surface area (Å²) in [4.78, 5) is 26.2. The SMILES string of the molecule is Cc1c(OS(C)(=O)=O)cc(C(=O)NCc2ccc(S(C)(=O)=O)cc2)c(=O)n1-c1cccc(C(F)(F)F)c1. The molecule has 3 aromatic rings. The van der Waals surface area contributed by atoms with Gasteiger partial charge >= 0.3 is 16.3 Å². The zero-order chi connectivity index (χ0) is 27.8. The molecule has 0 fully saturated rings. The van der Waals surface area contributed by atoms with E-state index in [0.717, 1.165) is 35.3 Å². The molecule has 198 valence electrons. The van der Waals surface area contributed by atoms with Gasteiger partial charge in [0.05, 0.1) is 22.4 Å². The van der Waals surface area contributed by atoms with Crippen molar-refractivity contribution in [1.29, 1.82) is 0 Å². The summed E-state index contributed by atoms with van der Waals surface area (Å²) >= 11 is 0. The fourth-order valence-corrected chi connectivity index (χ4v) is 4.48. The highest BCUT2D eigenvalue weighted by Crippen LogP contribution is 2.31. The van der Waals surface area contributed by atoms with E-state index < -0.39 is 54.5 Å². The lowest BCUT2D eigenvalue weighted by Gasteiger charge is -2.17. The van der Waals surface area contributed by atoms with E-state index in [1.807, 2.05) is 0 Å². The summed E-state index contributed by atoms with van der Waals surface area (Å²) < 4.78 is 92.1. The van der Waals surface area contributed by atoms with E-state index in [-0.39, 0.29) is 22.8 Å². The van der Waals surface area contributed by atoms with Gasteiger partial charge < -0.3 is 9.50 Å². The van der Waals surface area contributed by atoms with Gasteiger partial charge in [0.2, 0.25) is 0 Å². The van der Waals surface area contributed by atoms with Crippen LogP contribution in [0, 0.1) is 6.92 Å². The zero-order valence-electron chi connectivity index (χ0n) is 19.7. The molecule has 1 heterocycles. The first-order valence-corrected chi connectivity index (χ1v) is 14.1. The highest BCUT2D eigenvalue weighted by Gasteiger charge is 2.31. The van der Waals surface area contributed by atoms with Crippen LogP contribution < -0.4 is 15.1 Å². The van der Waals surface area contributed by atoms with E-state index in [4.69, 9.17) is 4.18 Å². The summed E-state index contributed by atoms with van der Waals surface area (Å²) in [6.07, 6.45) is -2.96. The van der Waals surface area contributed by atoms with Crippen LogP contribution in [0.4, 0.5) is 13.2 Å². The zero-order valence-corrected chi connectivity index (χ0v) is 21.3. The summed E-state index contributed by atoms with van der Waals surface area (Å²) in [5, 5.41) is 2.45. The lowest BCUT2D eigenvalue weighted by atomic mass is 10.1. The minimum Gasteiger partial charge on any atom is -0.381 e. The molecule has 9 nitrogen and oxygen atoms in total. The van der Waals surface area contributed by atoms with Crippen LogP contribution in [0.5, 0.6) is 5.75 Å². The molecule has 0 aliphatic carbocycles. The van der Waals surface area contributed by atoms with E-state index in [0.29, 0.717) is 11.6 Å². The van der Waals surface area contributed by atoms with Gasteiger partial charge in [-0.25, -0.2) is 8.42 Å².